The summed E-state index contributed by atoms with van der Waals surface area (Å²) < 4.78 is 3.55. The van der Waals surface area contributed by atoms with Gasteiger partial charge in [0, 0.05) is 42.5 Å². The lowest BCUT2D eigenvalue weighted by molar-refractivity contribution is 0.731. The molecule has 0 aromatic carbocycles. The van der Waals surface area contributed by atoms with E-state index in [-0.39, 0.29) is 5.56 Å². The number of thioether (sulfide) groups is 1. The van der Waals surface area contributed by atoms with E-state index in [2.05, 4.69) is 26.7 Å². The van der Waals surface area contributed by atoms with E-state index >= 15 is 0 Å². The quantitative estimate of drug-likeness (QED) is 0.372. The van der Waals surface area contributed by atoms with Crippen LogP contribution in [0.25, 0.3) is 17.0 Å². The van der Waals surface area contributed by atoms with Crippen LogP contribution < -0.4 is 5.56 Å². The van der Waals surface area contributed by atoms with Crippen molar-refractivity contribution < 1.29 is 0 Å². The smallest absolute Gasteiger partial charge is 0.258 e. The molecule has 0 aliphatic carbocycles. The van der Waals surface area contributed by atoms with E-state index < -0.39 is 0 Å². The molecule has 4 aromatic heterocycles. The van der Waals surface area contributed by atoms with Crippen LogP contribution in [0.4, 0.5) is 0 Å². The Labute approximate surface area is 165 Å². The normalized spacial score (nSPS) is 11.0. The van der Waals surface area contributed by atoms with Crippen molar-refractivity contribution in [1.29, 1.82) is 0 Å². The van der Waals surface area contributed by atoms with E-state index in [9.17, 15) is 4.79 Å². The summed E-state index contributed by atoms with van der Waals surface area (Å²) in [5.41, 5.74) is 3.20. The van der Waals surface area contributed by atoms with Crippen LogP contribution in [0.5, 0.6) is 0 Å². The molecule has 0 aliphatic heterocycles. The van der Waals surface area contributed by atoms with E-state index in [1.165, 1.54) is 11.8 Å². The Bertz CT molecular complexity index is 1200. The van der Waals surface area contributed by atoms with Crippen molar-refractivity contribution in [2.45, 2.75) is 24.4 Å². The first-order valence-electron chi connectivity index (χ1n) is 8.72. The average molecular weight is 390 g/mol. The molecular formula is C20H18N6OS. The van der Waals surface area contributed by atoms with Gasteiger partial charge in [-0.3, -0.25) is 18.7 Å². The predicted molar refractivity (Wildman–Crippen MR) is 109 cm³/mol. The zero-order valence-corrected chi connectivity index (χ0v) is 16.1. The summed E-state index contributed by atoms with van der Waals surface area (Å²) in [6.45, 7) is 6.36. The van der Waals surface area contributed by atoms with Gasteiger partial charge in [0.05, 0.1) is 5.69 Å². The van der Waals surface area contributed by atoms with Gasteiger partial charge in [-0.2, -0.15) is 0 Å². The molecule has 7 nitrogen and oxygen atoms in total. The molecular weight excluding hydrogens is 372 g/mol. The molecule has 0 N–H and O–H groups in total. The largest absolute Gasteiger partial charge is 0.298 e. The third-order valence-corrected chi connectivity index (χ3v) is 5.26. The standard InChI is InChI=1S/C20H18N6OS/c1-3-10-26-19(15-6-8-21-9-7-15)23-24-20(26)28-13-16-12-17(27)25-11-4-5-14(2)18(25)22-16/h3-9,11-12H,1,10,13H2,2H3. The van der Waals surface area contributed by atoms with E-state index in [0.717, 1.165) is 22.1 Å². The first-order chi connectivity index (χ1) is 13.7. The molecule has 4 rings (SSSR count). The number of nitrogens with zero attached hydrogens (tertiary/aromatic N) is 6. The van der Waals surface area contributed by atoms with Crippen molar-refractivity contribution in [3.63, 3.8) is 0 Å². The first kappa shape index (κ1) is 18.1. The van der Waals surface area contributed by atoms with Crippen molar-refractivity contribution in [3.05, 3.63) is 83.2 Å². The molecule has 0 aliphatic rings. The Kier molecular flexibility index (Phi) is 5.03. The Morgan fingerprint density at radius 3 is 2.82 bits per heavy atom. The van der Waals surface area contributed by atoms with Gasteiger partial charge in [-0.1, -0.05) is 23.9 Å². The highest BCUT2D eigenvalue weighted by Gasteiger charge is 2.14. The van der Waals surface area contributed by atoms with Crippen LogP contribution in [0.3, 0.4) is 0 Å². The van der Waals surface area contributed by atoms with Crippen LogP contribution in [0, 0.1) is 6.92 Å². The van der Waals surface area contributed by atoms with E-state index in [1.807, 2.05) is 41.8 Å². The highest BCUT2D eigenvalue weighted by Crippen LogP contribution is 2.25. The third-order valence-electron chi connectivity index (χ3n) is 4.26. The number of hydrogen-bond donors (Lipinski definition) is 0. The van der Waals surface area contributed by atoms with E-state index in [4.69, 9.17) is 0 Å². The summed E-state index contributed by atoms with van der Waals surface area (Å²) in [4.78, 5) is 21.1. The predicted octanol–water partition coefficient (Wildman–Crippen LogP) is 3.13. The second-order valence-corrected chi connectivity index (χ2v) is 7.14. The van der Waals surface area contributed by atoms with Crippen molar-refractivity contribution in [2.24, 2.45) is 0 Å². The SMILES string of the molecule is C=CCn1c(SCc2cc(=O)n3cccc(C)c3n2)nnc1-c1ccncc1. The molecule has 4 aromatic rings. The monoisotopic (exact) mass is 390 g/mol. The Morgan fingerprint density at radius 2 is 2.04 bits per heavy atom. The summed E-state index contributed by atoms with van der Waals surface area (Å²) >= 11 is 1.49. The van der Waals surface area contributed by atoms with Gasteiger partial charge in [-0.25, -0.2) is 4.98 Å². The molecule has 0 saturated heterocycles. The molecule has 0 bridgehead atoms. The molecule has 0 atom stereocenters. The molecule has 0 unspecified atom stereocenters. The Balaban J connectivity index is 1.64. The van der Waals surface area contributed by atoms with Crippen molar-refractivity contribution >= 4 is 17.4 Å². The van der Waals surface area contributed by atoms with Crippen LogP contribution in [-0.2, 0) is 12.3 Å². The summed E-state index contributed by atoms with van der Waals surface area (Å²) in [6, 6.07) is 9.15. The van der Waals surface area contributed by atoms with Gasteiger partial charge in [0.1, 0.15) is 5.65 Å². The topological polar surface area (TPSA) is 78.0 Å². The van der Waals surface area contributed by atoms with Gasteiger partial charge in [0.2, 0.25) is 0 Å². The molecule has 8 heteroatoms. The maximum absolute atomic E-state index is 12.4. The third kappa shape index (κ3) is 3.46. The first-order valence-corrected chi connectivity index (χ1v) is 9.71. The van der Waals surface area contributed by atoms with Gasteiger partial charge in [-0.15, -0.1) is 16.8 Å². The van der Waals surface area contributed by atoms with Crippen molar-refractivity contribution in [3.8, 4) is 11.4 Å². The number of pyridine rings is 2. The lowest BCUT2D eigenvalue weighted by atomic mass is 10.2. The second kappa shape index (κ2) is 7.77. The van der Waals surface area contributed by atoms with Gasteiger partial charge in [0.25, 0.3) is 5.56 Å². The molecule has 0 fully saturated rings. The fourth-order valence-electron chi connectivity index (χ4n) is 2.92. The Hall–Kier alpha value is -3.26. The van der Waals surface area contributed by atoms with Gasteiger partial charge < -0.3 is 0 Å². The fraction of sp³-hybridized carbons (Fsp3) is 0.150. The molecule has 0 spiro atoms. The minimum absolute atomic E-state index is 0.0886. The highest BCUT2D eigenvalue weighted by molar-refractivity contribution is 7.98. The van der Waals surface area contributed by atoms with Crippen LogP contribution in [0.1, 0.15) is 11.3 Å². The van der Waals surface area contributed by atoms with E-state index in [1.54, 1.807) is 29.1 Å². The fourth-order valence-corrected chi connectivity index (χ4v) is 3.77. The molecule has 140 valence electrons. The summed E-state index contributed by atoms with van der Waals surface area (Å²) in [7, 11) is 0. The number of rotatable bonds is 6. The van der Waals surface area contributed by atoms with E-state index in [0.29, 0.717) is 23.6 Å². The maximum atomic E-state index is 12.4. The second-order valence-electron chi connectivity index (χ2n) is 6.20. The van der Waals surface area contributed by atoms with Gasteiger partial charge >= 0.3 is 0 Å². The zero-order valence-electron chi connectivity index (χ0n) is 15.3. The lowest BCUT2D eigenvalue weighted by Crippen LogP contribution is -2.15. The number of allylic oxidation sites excluding steroid dienone is 1. The zero-order chi connectivity index (χ0) is 19.5. The molecule has 0 saturated carbocycles. The molecule has 4 heterocycles. The minimum atomic E-state index is -0.0886. The van der Waals surface area contributed by atoms with Gasteiger partial charge in [0.15, 0.2) is 11.0 Å². The minimum Gasteiger partial charge on any atom is -0.298 e. The summed E-state index contributed by atoms with van der Waals surface area (Å²) in [5.74, 6) is 1.28. The van der Waals surface area contributed by atoms with Crippen LogP contribution >= 0.6 is 11.8 Å². The van der Waals surface area contributed by atoms with Crippen molar-refractivity contribution in [1.82, 2.24) is 29.1 Å². The number of aryl methyl sites for hydroxylation is 1. The highest BCUT2D eigenvalue weighted by atomic mass is 32.2. The summed E-state index contributed by atoms with van der Waals surface area (Å²) in [6.07, 6.45) is 6.99. The van der Waals surface area contributed by atoms with Crippen LogP contribution in [-0.4, -0.2) is 29.1 Å². The number of aromatic nitrogens is 6. The van der Waals surface area contributed by atoms with Crippen molar-refractivity contribution in [2.75, 3.05) is 0 Å². The number of hydrogen-bond acceptors (Lipinski definition) is 6. The van der Waals surface area contributed by atoms with Crippen LogP contribution in [0.2, 0.25) is 0 Å². The van der Waals surface area contributed by atoms with Gasteiger partial charge in [-0.05, 0) is 30.7 Å². The molecule has 0 radical (unpaired) electrons. The Morgan fingerprint density at radius 1 is 1.21 bits per heavy atom. The summed E-state index contributed by atoms with van der Waals surface area (Å²) in [5, 5.41) is 9.40. The number of fused-ring (bicyclic) bond motifs is 1. The maximum Gasteiger partial charge on any atom is 0.258 e. The molecule has 28 heavy (non-hydrogen) atoms. The average Bonchev–Trinajstić information content (AvgIpc) is 3.11. The molecule has 0 amide bonds. The van der Waals surface area contributed by atoms with Crippen LogP contribution in [0.15, 0.2) is 71.5 Å². The lowest BCUT2D eigenvalue weighted by Gasteiger charge is -2.08.